The number of hydrogen-bond acceptors (Lipinski definition) is 3. The van der Waals surface area contributed by atoms with Crippen LogP contribution in [0.15, 0.2) is 24.5 Å². The second kappa shape index (κ2) is 7.68. The Kier molecular flexibility index (Phi) is 5.36. The van der Waals surface area contributed by atoms with Crippen molar-refractivity contribution in [3.05, 3.63) is 35.8 Å². The summed E-state index contributed by atoms with van der Waals surface area (Å²) in [6, 6.07) is 3.87. The molecule has 2 aromatic rings. The van der Waals surface area contributed by atoms with Crippen molar-refractivity contribution in [2.24, 2.45) is 5.92 Å². The van der Waals surface area contributed by atoms with E-state index in [0.29, 0.717) is 6.54 Å². The number of fused-ring (bicyclic) bond motifs is 1. The van der Waals surface area contributed by atoms with Crippen molar-refractivity contribution in [3.8, 4) is 0 Å². The number of carbonyl (C=O) groups is 2. The van der Waals surface area contributed by atoms with Gasteiger partial charge in [0.05, 0.1) is 12.2 Å². The van der Waals surface area contributed by atoms with E-state index in [2.05, 4.69) is 15.6 Å². The van der Waals surface area contributed by atoms with Gasteiger partial charge in [0.15, 0.2) is 0 Å². The summed E-state index contributed by atoms with van der Waals surface area (Å²) in [6.07, 6.45) is 8.36. The number of aromatic nitrogens is 2. The minimum Gasteiger partial charge on any atom is -0.353 e. The number of amides is 2. The molecule has 1 fully saturated rings. The minimum absolute atomic E-state index is 0.0764. The fraction of sp³-hybridized carbons (Fsp3) is 0.526. The van der Waals surface area contributed by atoms with Crippen molar-refractivity contribution in [1.29, 1.82) is 0 Å². The summed E-state index contributed by atoms with van der Waals surface area (Å²) in [7, 11) is 0. The summed E-state index contributed by atoms with van der Waals surface area (Å²) in [6.45, 7) is 4.29. The molecule has 2 N–H and O–H groups in total. The van der Waals surface area contributed by atoms with Gasteiger partial charge < -0.3 is 15.0 Å². The first-order valence-electron chi connectivity index (χ1n) is 9.02. The monoisotopic (exact) mass is 342 g/mol. The smallest absolute Gasteiger partial charge is 0.223 e. The molecule has 1 atom stereocenters. The summed E-state index contributed by atoms with van der Waals surface area (Å²) in [5, 5.41) is 5.84. The lowest BCUT2D eigenvalue weighted by Crippen LogP contribution is -2.39. The summed E-state index contributed by atoms with van der Waals surface area (Å²) >= 11 is 0. The lowest BCUT2D eigenvalue weighted by molar-refractivity contribution is -0.126. The normalized spacial score (nSPS) is 16.1. The zero-order valence-corrected chi connectivity index (χ0v) is 14.9. The van der Waals surface area contributed by atoms with Crippen molar-refractivity contribution >= 4 is 17.5 Å². The van der Waals surface area contributed by atoms with Crippen molar-refractivity contribution in [1.82, 2.24) is 20.0 Å². The maximum atomic E-state index is 12.1. The van der Waals surface area contributed by atoms with E-state index >= 15 is 0 Å². The van der Waals surface area contributed by atoms with Gasteiger partial charge in [-0.25, -0.2) is 4.98 Å². The van der Waals surface area contributed by atoms with E-state index in [1.807, 2.05) is 42.8 Å². The minimum atomic E-state index is -0.156. The zero-order valence-electron chi connectivity index (χ0n) is 14.9. The highest BCUT2D eigenvalue weighted by Gasteiger charge is 2.24. The Balaban J connectivity index is 1.45. The standard InChI is InChI=1S/C19H26N4O2/c1-13-7-8-23-12-16(22-17(23)9-13)11-20-18(24)10-14(2)21-19(25)15-5-3-4-6-15/h7-9,12,14-15H,3-6,10-11H2,1-2H3,(H,20,24)(H,21,25). The molecule has 134 valence electrons. The Bertz CT molecular complexity index is 762. The van der Waals surface area contributed by atoms with Gasteiger partial charge in [0, 0.05) is 30.8 Å². The van der Waals surface area contributed by atoms with Crippen LogP contribution in [0.4, 0.5) is 0 Å². The number of nitrogens with zero attached hydrogens (tertiary/aromatic N) is 2. The molecule has 1 aliphatic carbocycles. The first-order chi connectivity index (χ1) is 12.0. The zero-order chi connectivity index (χ0) is 17.8. The summed E-state index contributed by atoms with van der Waals surface area (Å²) in [5.74, 6) is 0.146. The largest absolute Gasteiger partial charge is 0.353 e. The van der Waals surface area contributed by atoms with Crippen LogP contribution in [-0.4, -0.2) is 27.2 Å². The van der Waals surface area contributed by atoms with Gasteiger partial charge in [-0.05, 0) is 44.4 Å². The molecule has 0 aliphatic heterocycles. The average Bonchev–Trinajstić information content (AvgIpc) is 3.21. The summed E-state index contributed by atoms with van der Waals surface area (Å²) in [5.41, 5.74) is 2.85. The first kappa shape index (κ1) is 17.5. The third kappa shape index (κ3) is 4.59. The Hall–Kier alpha value is -2.37. The highest BCUT2D eigenvalue weighted by Crippen LogP contribution is 2.24. The molecule has 0 radical (unpaired) electrons. The van der Waals surface area contributed by atoms with Crippen LogP contribution in [0.2, 0.25) is 0 Å². The van der Waals surface area contributed by atoms with Crippen LogP contribution in [0.3, 0.4) is 0 Å². The lowest BCUT2D eigenvalue weighted by Gasteiger charge is -2.16. The molecule has 3 rings (SSSR count). The topological polar surface area (TPSA) is 75.5 Å². The number of aryl methyl sites for hydroxylation is 1. The Labute approximate surface area is 148 Å². The molecule has 0 bridgehead atoms. The maximum absolute atomic E-state index is 12.1. The van der Waals surface area contributed by atoms with Gasteiger partial charge in [-0.3, -0.25) is 9.59 Å². The van der Waals surface area contributed by atoms with Gasteiger partial charge in [0.1, 0.15) is 5.65 Å². The number of pyridine rings is 1. The molecule has 25 heavy (non-hydrogen) atoms. The van der Waals surface area contributed by atoms with Crippen LogP contribution < -0.4 is 10.6 Å². The predicted octanol–water partition coefficient (Wildman–Crippen LogP) is 2.34. The number of rotatable bonds is 6. The average molecular weight is 342 g/mol. The third-order valence-corrected chi connectivity index (χ3v) is 4.74. The molecular formula is C19H26N4O2. The highest BCUT2D eigenvalue weighted by molar-refractivity contribution is 5.81. The molecule has 2 heterocycles. The van der Waals surface area contributed by atoms with Crippen LogP contribution in [0, 0.1) is 12.8 Å². The quantitative estimate of drug-likeness (QED) is 0.846. The van der Waals surface area contributed by atoms with Gasteiger partial charge >= 0.3 is 0 Å². The molecule has 0 saturated heterocycles. The number of carbonyl (C=O) groups excluding carboxylic acids is 2. The molecule has 0 spiro atoms. The second-order valence-electron chi connectivity index (χ2n) is 7.07. The summed E-state index contributed by atoms with van der Waals surface area (Å²) < 4.78 is 1.94. The molecule has 2 amide bonds. The number of nitrogens with one attached hydrogen (secondary N) is 2. The lowest BCUT2D eigenvalue weighted by atomic mass is 10.1. The molecule has 6 nitrogen and oxygen atoms in total. The van der Waals surface area contributed by atoms with Crippen LogP contribution >= 0.6 is 0 Å². The Morgan fingerprint density at radius 1 is 1.36 bits per heavy atom. The van der Waals surface area contributed by atoms with Gasteiger partial charge in [-0.15, -0.1) is 0 Å². The van der Waals surface area contributed by atoms with Crippen molar-refractivity contribution in [2.75, 3.05) is 0 Å². The van der Waals surface area contributed by atoms with E-state index in [-0.39, 0.29) is 30.2 Å². The van der Waals surface area contributed by atoms with Crippen LogP contribution in [0.1, 0.15) is 50.3 Å². The van der Waals surface area contributed by atoms with Crippen LogP contribution in [-0.2, 0) is 16.1 Å². The maximum Gasteiger partial charge on any atom is 0.223 e. The molecule has 1 unspecified atom stereocenters. The van der Waals surface area contributed by atoms with Gasteiger partial charge in [0.25, 0.3) is 0 Å². The van der Waals surface area contributed by atoms with Crippen LogP contribution in [0.25, 0.3) is 5.65 Å². The van der Waals surface area contributed by atoms with Gasteiger partial charge in [0.2, 0.25) is 11.8 Å². The SMILES string of the molecule is Cc1ccn2cc(CNC(=O)CC(C)NC(=O)C3CCCC3)nc2c1. The molecule has 1 saturated carbocycles. The fourth-order valence-corrected chi connectivity index (χ4v) is 3.36. The Morgan fingerprint density at radius 3 is 2.88 bits per heavy atom. The van der Waals surface area contributed by atoms with Crippen molar-refractivity contribution in [2.45, 2.75) is 58.5 Å². The van der Waals surface area contributed by atoms with Crippen molar-refractivity contribution in [3.63, 3.8) is 0 Å². The third-order valence-electron chi connectivity index (χ3n) is 4.74. The van der Waals surface area contributed by atoms with Gasteiger partial charge in [-0.2, -0.15) is 0 Å². The number of hydrogen-bond donors (Lipinski definition) is 2. The van der Waals surface area contributed by atoms with Crippen molar-refractivity contribution < 1.29 is 9.59 Å². The predicted molar refractivity (Wildman–Crippen MR) is 96.0 cm³/mol. The molecular weight excluding hydrogens is 316 g/mol. The van der Waals surface area contributed by atoms with E-state index in [4.69, 9.17) is 0 Å². The summed E-state index contributed by atoms with van der Waals surface area (Å²) in [4.78, 5) is 28.7. The van der Waals surface area contributed by atoms with E-state index in [1.54, 1.807) is 0 Å². The number of imidazole rings is 1. The fourth-order valence-electron chi connectivity index (χ4n) is 3.36. The van der Waals surface area contributed by atoms with Crippen LogP contribution in [0.5, 0.6) is 0 Å². The first-order valence-corrected chi connectivity index (χ1v) is 9.02. The van der Waals surface area contributed by atoms with E-state index in [1.165, 1.54) is 0 Å². The van der Waals surface area contributed by atoms with E-state index < -0.39 is 0 Å². The molecule has 0 aromatic carbocycles. The molecule has 2 aromatic heterocycles. The second-order valence-corrected chi connectivity index (χ2v) is 7.07. The van der Waals surface area contributed by atoms with E-state index in [9.17, 15) is 9.59 Å². The van der Waals surface area contributed by atoms with E-state index in [0.717, 1.165) is 42.6 Å². The van der Waals surface area contributed by atoms with Gasteiger partial charge in [-0.1, -0.05) is 12.8 Å². The molecule has 1 aliphatic rings. The molecule has 6 heteroatoms. The highest BCUT2D eigenvalue weighted by atomic mass is 16.2. The Morgan fingerprint density at radius 2 is 2.12 bits per heavy atom.